The zero-order chi connectivity index (χ0) is 28.8. The van der Waals surface area contributed by atoms with Crippen molar-refractivity contribution in [2.24, 2.45) is 0 Å². The maximum absolute atomic E-state index is 3.57. The summed E-state index contributed by atoms with van der Waals surface area (Å²) in [6.07, 6.45) is 7.15. The van der Waals surface area contributed by atoms with Gasteiger partial charge in [0.25, 0.3) is 0 Å². The van der Waals surface area contributed by atoms with Gasteiger partial charge in [-0.3, -0.25) is 6.08 Å². The van der Waals surface area contributed by atoms with Gasteiger partial charge in [0, 0.05) is 8.07 Å². The number of allylic oxidation sites excluding steroid dienone is 4. The molecule has 5 heteroatoms. The van der Waals surface area contributed by atoms with Crippen LogP contribution in [0, 0.1) is 6.08 Å². The van der Waals surface area contributed by atoms with Gasteiger partial charge in [-0.25, -0.2) is 11.3 Å². The fourth-order valence-electron chi connectivity index (χ4n) is 4.71. The Balaban J connectivity index is 0.000000215. The predicted molar refractivity (Wildman–Crippen MR) is 179 cm³/mol. The molecule has 5 aromatic rings. The molecule has 0 spiro atoms. The van der Waals surface area contributed by atoms with Crippen molar-refractivity contribution in [3.8, 4) is 0 Å². The molecule has 1 aliphatic carbocycles. The van der Waals surface area contributed by atoms with E-state index in [0.29, 0.717) is 0 Å². The van der Waals surface area contributed by atoms with Crippen LogP contribution in [0.2, 0.25) is 39.3 Å². The average molecular weight is 703 g/mol. The summed E-state index contributed by atoms with van der Waals surface area (Å²) in [5, 5.41) is 8.62. The van der Waals surface area contributed by atoms with Gasteiger partial charge in [0.1, 0.15) is 0 Å². The number of hydrogen-bond donors (Lipinski definition) is 0. The maximum Gasteiger partial charge on any atom is -0.0771 e. The largest absolute Gasteiger partial charge is 0.126 e. The molecular formula is C37H40Cl2Si2Zr-2. The molecule has 0 N–H and O–H groups in total. The monoisotopic (exact) mass is 700 g/mol. The molecule has 0 amide bonds. The van der Waals surface area contributed by atoms with Crippen LogP contribution in [0.25, 0.3) is 21.5 Å². The molecule has 0 fully saturated rings. The minimum atomic E-state index is -1.09. The van der Waals surface area contributed by atoms with E-state index >= 15 is 0 Å². The fraction of sp³-hybridized carbons (Fsp3) is 0.189. The van der Waals surface area contributed by atoms with E-state index < -0.39 is 16.1 Å². The minimum Gasteiger partial charge on any atom is -0.126 e. The van der Waals surface area contributed by atoms with Gasteiger partial charge >= 0.3 is 99.2 Å². The topological polar surface area (TPSA) is 0 Å². The maximum atomic E-state index is 3.57. The van der Waals surface area contributed by atoms with Crippen molar-refractivity contribution in [1.29, 1.82) is 0 Å². The van der Waals surface area contributed by atoms with Gasteiger partial charge in [0.05, 0.1) is 8.07 Å². The molecule has 0 radical (unpaired) electrons. The van der Waals surface area contributed by atoms with Crippen molar-refractivity contribution in [3.63, 3.8) is 0 Å². The van der Waals surface area contributed by atoms with E-state index in [-0.39, 0.29) is 24.8 Å². The first-order valence-corrected chi connectivity index (χ1v) is 22.3. The van der Waals surface area contributed by atoms with E-state index in [9.17, 15) is 0 Å². The molecule has 0 atom stereocenters. The van der Waals surface area contributed by atoms with Crippen molar-refractivity contribution in [2.45, 2.75) is 45.7 Å². The first kappa shape index (κ1) is 36.2. The van der Waals surface area contributed by atoms with Gasteiger partial charge in [-0.05, 0) is 0 Å². The van der Waals surface area contributed by atoms with Crippen LogP contribution in [0.4, 0.5) is 0 Å². The van der Waals surface area contributed by atoms with Crippen molar-refractivity contribution in [3.05, 3.63) is 149 Å². The summed E-state index contributed by atoms with van der Waals surface area (Å²) in [6, 6.07) is 40.4. The summed E-state index contributed by atoms with van der Waals surface area (Å²) in [6.45, 7) is 14.5. The molecule has 216 valence electrons. The Labute approximate surface area is 282 Å². The van der Waals surface area contributed by atoms with Crippen molar-refractivity contribution in [2.75, 3.05) is 0 Å². The van der Waals surface area contributed by atoms with Crippen molar-refractivity contribution < 1.29 is 49.0 Å². The molecular weight excluding hydrogens is 663 g/mol. The average Bonchev–Trinajstić information content (AvgIpc) is 3.61. The van der Waals surface area contributed by atoms with Crippen molar-refractivity contribution >= 4 is 40.9 Å². The summed E-state index contributed by atoms with van der Waals surface area (Å²) < 4.78 is 1.42. The van der Waals surface area contributed by atoms with Gasteiger partial charge in [0.15, 0.2) is 0 Å². The first-order chi connectivity index (χ1) is 19.0. The number of rotatable bonds is 4. The summed E-state index contributed by atoms with van der Waals surface area (Å²) >= 11 is 1.46. The van der Waals surface area contributed by atoms with E-state index in [1.165, 1.54) is 60.1 Å². The molecule has 0 unspecified atom stereocenters. The van der Waals surface area contributed by atoms with E-state index in [0.717, 1.165) is 6.42 Å². The summed E-state index contributed by atoms with van der Waals surface area (Å²) in [5.74, 6) is 0. The molecule has 42 heavy (non-hydrogen) atoms. The second-order valence-corrected chi connectivity index (χ2v) is 23.8. The van der Waals surface area contributed by atoms with Gasteiger partial charge in [-0.1, -0.05) is 75.7 Å². The second kappa shape index (κ2) is 16.2. The van der Waals surface area contributed by atoms with Crippen LogP contribution in [0.5, 0.6) is 0 Å². The van der Waals surface area contributed by atoms with Crippen molar-refractivity contribution in [1.82, 2.24) is 0 Å². The molecule has 0 nitrogen and oxygen atoms in total. The fourth-order valence-corrected chi connectivity index (χ4v) is 8.10. The third-order valence-electron chi connectivity index (χ3n) is 7.21. The normalized spacial score (nSPS) is 12.5. The molecule has 0 saturated heterocycles. The zero-order valence-corrected chi connectivity index (χ0v) is 31.5. The standard InChI is InChI=1S/C13H9.C13H10.C11H21Si2.2ClH.Zr/c1-3-7-12-10(5-1)9-11-6-2-4-8-13(11)12;1-3-7-12(8-4-1)11-13-9-5-2-6-10-13;1-12(2,3)10-7-8-11(9-10)13(4,5)6;;;/h1-9H;1-10H;9H,7H2,1-6H3;2*1H;/q-1;;-1;;;+2/p-2. The first-order valence-electron chi connectivity index (χ1n) is 14.1. The predicted octanol–water partition coefficient (Wildman–Crippen LogP) is 4.32. The van der Waals surface area contributed by atoms with Gasteiger partial charge in [-0.2, -0.15) is 5.20 Å². The Kier molecular flexibility index (Phi) is 13.9. The SMILES string of the molecule is C[Si](C)(C)C1=[C-]CC([Si](C)(C)C)=C1.[Cl-].[Cl-].[Zr+2]=[C](c1ccccc1)c1ccccc1.c1ccc2c(c1)[cH-]c1ccccc12. The second-order valence-electron chi connectivity index (χ2n) is 12.4. The van der Waals surface area contributed by atoms with Crippen LogP contribution in [-0.2, 0) is 24.2 Å². The van der Waals surface area contributed by atoms with Gasteiger partial charge < -0.3 is 24.8 Å². The molecule has 0 aromatic heterocycles. The van der Waals surface area contributed by atoms with Gasteiger partial charge in [0.2, 0.25) is 0 Å². The Bertz CT molecular complexity index is 1550. The van der Waals surface area contributed by atoms with E-state index in [2.05, 4.69) is 167 Å². The molecule has 6 rings (SSSR count). The Morgan fingerprint density at radius 3 is 1.36 bits per heavy atom. The molecule has 5 aromatic carbocycles. The van der Waals surface area contributed by atoms with Crippen LogP contribution in [0.15, 0.2) is 132 Å². The third kappa shape index (κ3) is 9.76. The Morgan fingerprint density at radius 2 is 1.00 bits per heavy atom. The number of halogens is 2. The van der Waals surface area contributed by atoms with E-state index in [1.54, 1.807) is 10.4 Å². The third-order valence-corrected chi connectivity index (χ3v) is 12.8. The van der Waals surface area contributed by atoms with Crippen LogP contribution < -0.4 is 24.8 Å². The minimum absolute atomic E-state index is 0. The summed E-state index contributed by atoms with van der Waals surface area (Å²) in [7, 11) is -2.14. The Morgan fingerprint density at radius 1 is 0.595 bits per heavy atom. The summed E-state index contributed by atoms with van der Waals surface area (Å²) in [4.78, 5) is 0. The van der Waals surface area contributed by atoms with Crippen LogP contribution >= 0.6 is 0 Å². The smallest absolute Gasteiger partial charge is 0.0771 e. The van der Waals surface area contributed by atoms with Gasteiger partial charge in [-0.15, -0.1) is 46.2 Å². The number of fused-ring (bicyclic) bond motifs is 3. The van der Waals surface area contributed by atoms with Crippen LogP contribution in [-0.4, -0.2) is 19.4 Å². The van der Waals surface area contributed by atoms with Crippen LogP contribution in [0.3, 0.4) is 0 Å². The molecule has 1 aliphatic rings. The number of benzene rings is 4. The molecule has 0 bridgehead atoms. The molecule has 0 saturated carbocycles. The molecule has 0 aliphatic heterocycles. The zero-order valence-electron chi connectivity index (χ0n) is 25.5. The molecule has 0 heterocycles. The van der Waals surface area contributed by atoms with E-state index in [1.807, 2.05) is 0 Å². The number of hydrogen-bond acceptors (Lipinski definition) is 0. The van der Waals surface area contributed by atoms with E-state index in [4.69, 9.17) is 0 Å². The quantitative estimate of drug-likeness (QED) is 0.194. The Hall–Kier alpha value is -2.00. The van der Waals surface area contributed by atoms with Crippen LogP contribution in [0.1, 0.15) is 17.5 Å². The summed E-state index contributed by atoms with van der Waals surface area (Å²) in [5.41, 5.74) is 2.66.